The van der Waals surface area contributed by atoms with Crippen molar-refractivity contribution in [3.63, 3.8) is 0 Å². The molecule has 2 N–H and O–H groups in total. The zero-order chi connectivity index (χ0) is 18.5. The molecule has 1 heterocycles. The van der Waals surface area contributed by atoms with Gasteiger partial charge in [0, 0.05) is 34.2 Å². The maximum Gasteiger partial charge on any atom is 0.255 e. The number of carbonyl (C=O) groups is 2. The summed E-state index contributed by atoms with van der Waals surface area (Å²) in [5.74, 6) is -0.585. The lowest BCUT2D eigenvalue weighted by Crippen LogP contribution is -2.13. The highest BCUT2D eigenvalue weighted by Crippen LogP contribution is 2.26. The van der Waals surface area contributed by atoms with Gasteiger partial charge in [0.05, 0.1) is 10.7 Å². The number of anilines is 2. The summed E-state index contributed by atoms with van der Waals surface area (Å²) in [6, 6.07) is 14.6. The molecule has 0 aliphatic carbocycles. The van der Waals surface area contributed by atoms with Gasteiger partial charge in [-0.2, -0.15) is 0 Å². The zero-order valence-corrected chi connectivity index (χ0v) is 14.9. The molecule has 0 atom stereocenters. The fraction of sp³-hybridized carbons (Fsp3) is 0. The Bertz CT molecular complexity index is 945. The summed E-state index contributed by atoms with van der Waals surface area (Å²) in [6.07, 6.45) is 3.08. The number of carbonyl (C=O) groups excluding carboxylic acids is 2. The van der Waals surface area contributed by atoms with Gasteiger partial charge in [-0.15, -0.1) is 0 Å². The SMILES string of the molecule is O=C(Nc1ccc(NC(=O)c2ccc(Cl)cc2)c(Cl)c1)c1ccncc1. The highest BCUT2D eigenvalue weighted by Gasteiger charge is 2.11. The van der Waals surface area contributed by atoms with Crippen LogP contribution in [0.25, 0.3) is 0 Å². The van der Waals surface area contributed by atoms with Gasteiger partial charge in [-0.3, -0.25) is 14.6 Å². The molecule has 1 aromatic heterocycles. The van der Waals surface area contributed by atoms with Crippen LogP contribution in [0.15, 0.2) is 67.0 Å². The predicted octanol–water partition coefficient (Wildman–Crippen LogP) is 4.89. The number of aromatic nitrogens is 1. The number of amides is 2. The van der Waals surface area contributed by atoms with Gasteiger partial charge in [0.2, 0.25) is 0 Å². The van der Waals surface area contributed by atoms with E-state index in [2.05, 4.69) is 15.6 Å². The fourth-order valence-electron chi connectivity index (χ4n) is 2.20. The molecule has 0 fully saturated rings. The molecule has 0 aliphatic rings. The van der Waals surface area contributed by atoms with Gasteiger partial charge in [-0.1, -0.05) is 23.2 Å². The highest BCUT2D eigenvalue weighted by molar-refractivity contribution is 6.34. The van der Waals surface area contributed by atoms with Crippen molar-refractivity contribution >= 4 is 46.4 Å². The summed E-state index contributed by atoms with van der Waals surface area (Å²) in [4.78, 5) is 28.2. The smallest absolute Gasteiger partial charge is 0.255 e. The summed E-state index contributed by atoms with van der Waals surface area (Å²) < 4.78 is 0. The molecule has 26 heavy (non-hydrogen) atoms. The van der Waals surface area contributed by atoms with Crippen LogP contribution in [-0.2, 0) is 0 Å². The number of hydrogen-bond acceptors (Lipinski definition) is 3. The monoisotopic (exact) mass is 385 g/mol. The van der Waals surface area contributed by atoms with Crippen molar-refractivity contribution in [3.8, 4) is 0 Å². The minimum atomic E-state index is -0.308. The number of benzene rings is 2. The largest absolute Gasteiger partial charge is 0.322 e. The second kappa shape index (κ2) is 7.99. The fourth-order valence-corrected chi connectivity index (χ4v) is 2.55. The average molecular weight is 386 g/mol. The van der Waals surface area contributed by atoms with Crippen molar-refractivity contribution in [1.29, 1.82) is 0 Å². The Kier molecular flexibility index (Phi) is 5.51. The molecule has 130 valence electrons. The zero-order valence-electron chi connectivity index (χ0n) is 13.4. The molecule has 3 rings (SSSR count). The van der Waals surface area contributed by atoms with Gasteiger partial charge in [0.15, 0.2) is 0 Å². The lowest BCUT2D eigenvalue weighted by Gasteiger charge is -2.10. The van der Waals surface area contributed by atoms with Crippen LogP contribution in [0.2, 0.25) is 10.0 Å². The lowest BCUT2D eigenvalue weighted by atomic mass is 10.2. The lowest BCUT2D eigenvalue weighted by molar-refractivity contribution is 0.101. The van der Waals surface area contributed by atoms with Crippen LogP contribution in [-0.4, -0.2) is 16.8 Å². The van der Waals surface area contributed by atoms with Crippen LogP contribution in [0.3, 0.4) is 0 Å². The van der Waals surface area contributed by atoms with Crippen LogP contribution < -0.4 is 10.6 Å². The minimum Gasteiger partial charge on any atom is -0.322 e. The number of nitrogens with one attached hydrogen (secondary N) is 2. The van der Waals surface area contributed by atoms with Crippen molar-refractivity contribution in [2.75, 3.05) is 10.6 Å². The van der Waals surface area contributed by atoms with Crippen molar-refractivity contribution < 1.29 is 9.59 Å². The van der Waals surface area contributed by atoms with E-state index < -0.39 is 0 Å². The predicted molar refractivity (Wildman–Crippen MR) is 103 cm³/mol. The van der Waals surface area contributed by atoms with Gasteiger partial charge in [-0.05, 0) is 54.6 Å². The van der Waals surface area contributed by atoms with Crippen molar-refractivity contribution in [2.24, 2.45) is 0 Å². The maximum absolute atomic E-state index is 12.2. The van der Waals surface area contributed by atoms with E-state index in [0.29, 0.717) is 32.5 Å². The van der Waals surface area contributed by atoms with E-state index in [4.69, 9.17) is 23.2 Å². The number of nitrogens with zero attached hydrogens (tertiary/aromatic N) is 1. The van der Waals surface area contributed by atoms with E-state index in [1.807, 2.05) is 0 Å². The Balaban J connectivity index is 1.70. The Morgan fingerprint density at radius 3 is 2.04 bits per heavy atom. The Morgan fingerprint density at radius 1 is 0.769 bits per heavy atom. The van der Waals surface area contributed by atoms with Crippen LogP contribution in [0, 0.1) is 0 Å². The summed E-state index contributed by atoms with van der Waals surface area (Å²) in [7, 11) is 0. The molecule has 0 aliphatic heterocycles. The highest BCUT2D eigenvalue weighted by atomic mass is 35.5. The van der Waals surface area contributed by atoms with E-state index in [0.717, 1.165) is 0 Å². The molecular weight excluding hydrogens is 373 g/mol. The second-order valence-electron chi connectivity index (χ2n) is 5.35. The first-order valence-corrected chi connectivity index (χ1v) is 8.36. The van der Waals surface area contributed by atoms with Crippen LogP contribution in [0.1, 0.15) is 20.7 Å². The molecule has 0 spiro atoms. The first kappa shape index (κ1) is 17.9. The first-order valence-electron chi connectivity index (χ1n) is 7.61. The molecule has 2 amide bonds. The number of rotatable bonds is 4. The summed E-state index contributed by atoms with van der Waals surface area (Å²) in [6.45, 7) is 0. The quantitative estimate of drug-likeness (QED) is 0.671. The average Bonchev–Trinajstić information content (AvgIpc) is 2.65. The van der Waals surface area contributed by atoms with Crippen molar-refractivity contribution in [1.82, 2.24) is 4.98 Å². The Labute approximate surface area is 160 Å². The molecule has 0 radical (unpaired) electrons. The molecule has 2 aromatic carbocycles. The Hall–Kier alpha value is -2.89. The van der Waals surface area contributed by atoms with Gasteiger partial charge >= 0.3 is 0 Å². The molecule has 0 unspecified atom stereocenters. The normalized spacial score (nSPS) is 10.2. The van der Waals surface area contributed by atoms with E-state index in [9.17, 15) is 9.59 Å². The van der Waals surface area contributed by atoms with E-state index in [1.165, 1.54) is 12.4 Å². The third-order valence-corrected chi connectivity index (χ3v) is 4.09. The summed E-state index contributed by atoms with van der Waals surface area (Å²) >= 11 is 12.0. The van der Waals surface area contributed by atoms with E-state index >= 15 is 0 Å². The van der Waals surface area contributed by atoms with E-state index in [1.54, 1.807) is 54.6 Å². The number of pyridine rings is 1. The molecule has 0 saturated heterocycles. The minimum absolute atomic E-state index is 0.276. The van der Waals surface area contributed by atoms with Gasteiger partial charge in [0.1, 0.15) is 0 Å². The van der Waals surface area contributed by atoms with Crippen molar-refractivity contribution in [3.05, 3.63) is 88.2 Å². The van der Waals surface area contributed by atoms with Gasteiger partial charge < -0.3 is 10.6 Å². The standard InChI is InChI=1S/C19H13Cl2N3O2/c20-14-3-1-12(2-4-14)19(26)24-17-6-5-15(11-16(17)21)23-18(25)13-7-9-22-10-8-13/h1-11H,(H,23,25)(H,24,26). The number of halogens is 2. The van der Waals surface area contributed by atoms with Crippen molar-refractivity contribution in [2.45, 2.75) is 0 Å². The molecular formula is C19H13Cl2N3O2. The first-order chi connectivity index (χ1) is 12.5. The third-order valence-electron chi connectivity index (χ3n) is 3.52. The van der Waals surface area contributed by atoms with E-state index in [-0.39, 0.29) is 11.8 Å². The molecule has 5 nitrogen and oxygen atoms in total. The second-order valence-corrected chi connectivity index (χ2v) is 6.19. The van der Waals surface area contributed by atoms with Gasteiger partial charge in [-0.25, -0.2) is 0 Å². The van der Waals surface area contributed by atoms with Crippen LogP contribution in [0.5, 0.6) is 0 Å². The number of hydrogen-bond donors (Lipinski definition) is 2. The van der Waals surface area contributed by atoms with Crippen LogP contribution in [0.4, 0.5) is 11.4 Å². The molecule has 3 aromatic rings. The Morgan fingerprint density at radius 2 is 1.38 bits per heavy atom. The molecule has 0 saturated carbocycles. The maximum atomic E-state index is 12.2. The molecule has 0 bridgehead atoms. The molecule has 7 heteroatoms. The topological polar surface area (TPSA) is 71.1 Å². The van der Waals surface area contributed by atoms with Crippen LogP contribution >= 0.6 is 23.2 Å². The summed E-state index contributed by atoms with van der Waals surface area (Å²) in [5, 5.41) is 6.32. The summed E-state index contributed by atoms with van der Waals surface area (Å²) in [5.41, 5.74) is 1.90. The third kappa shape index (κ3) is 4.39. The van der Waals surface area contributed by atoms with Gasteiger partial charge in [0.25, 0.3) is 11.8 Å².